The van der Waals surface area contributed by atoms with Crippen molar-refractivity contribution in [2.45, 2.75) is 9.79 Å². The molecule has 0 aliphatic heterocycles. The van der Waals surface area contributed by atoms with Crippen LogP contribution in [0, 0.1) is 0 Å². The third-order valence-electron chi connectivity index (χ3n) is 3.80. The summed E-state index contributed by atoms with van der Waals surface area (Å²) in [6.07, 6.45) is 2.48. The second-order valence-corrected chi connectivity index (χ2v) is 9.00. The van der Waals surface area contributed by atoms with Crippen LogP contribution in [0.5, 0.6) is 11.5 Å². The number of sulfonamides is 2. The molecule has 30 heavy (non-hydrogen) atoms. The molecule has 0 fully saturated rings. The number of carbonyl (C=O) groups is 1. The Morgan fingerprint density at radius 2 is 1.63 bits per heavy atom. The smallest absolute Gasteiger partial charge is 0.330 e. The van der Waals surface area contributed by atoms with Gasteiger partial charge in [0.25, 0.3) is 10.0 Å². The minimum atomic E-state index is -4.19. The molecule has 12 heteroatoms. The zero-order chi connectivity index (χ0) is 22.5. The van der Waals surface area contributed by atoms with Crippen molar-refractivity contribution in [3.8, 4) is 11.5 Å². The number of anilines is 1. The lowest BCUT2D eigenvalue weighted by Crippen LogP contribution is -2.15. The van der Waals surface area contributed by atoms with Gasteiger partial charge in [0.2, 0.25) is 10.0 Å². The lowest BCUT2D eigenvalue weighted by molar-refractivity contribution is -0.134. The van der Waals surface area contributed by atoms with Crippen molar-refractivity contribution >= 4 is 37.8 Å². The summed E-state index contributed by atoms with van der Waals surface area (Å²) in [5.74, 6) is -0.557. The number of hydrogen-bond acceptors (Lipinski definition) is 8. The summed E-state index contributed by atoms with van der Waals surface area (Å²) in [6, 6.07) is 7.60. The first-order chi connectivity index (χ1) is 14.0. The Morgan fingerprint density at radius 1 is 1.00 bits per heavy atom. The molecule has 10 nitrogen and oxygen atoms in total. The number of methoxy groups -OCH3 is 3. The lowest BCUT2D eigenvalue weighted by Gasteiger charge is -2.15. The summed E-state index contributed by atoms with van der Waals surface area (Å²) in [5.41, 5.74) is 0.432. The first kappa shape index (κ1) is 23.2. The van der Waals surface area contributed by atoms with Gasteiger partial charge in [-0.15, -0.1) is 0 Å². The van der Waals surface area contributed by atoms with Gasteiger partial charge >= 0.3 is 5.97 Å². The molecule has 2 rings (SSSR count). The highest BCUT2D eigenvalue weighted by Crippen LogP contribution is 2.37. The van der Waals surface area contributed by atoms with Crippen molar-refractivity contribution in [1.82, 2.24) is 0 Å². The Labute approximate surface area is 174 Å². The fourth-order valence-electron chi connectivity index (χ4n) is 2.40. The largest absolute Gasteiger partial charge is 0.493 e. The molecule has 0 spiro atoms. The van der Waals surface area contributed by atoms with Gasteiger partial charge in [-0.1, -0.05) is 0 Å². The molecule has 0 amide bonds. The van der Waals surface area contributed by atoms with Crippen molar-refractivity contribution in [1.29, 1.82) is 0 Å². The maximum absolute atomic E-state index is 13.0. The van der Waals surface area contributed by atoms with Crippen molar-refractivity contribution in [3.05, 3.63) is 48.0 Å². The molecule has 162 valence electrons. The molecule has 0 radical (unpaired) electrons. The highest BCUT2D eigenvalue weighted by Gasteiger charge is 2.24. The van der Waals surface area contributed by atoms with Crippen LogP contribution in [0.3, 0.4) is 0 Å². The molecule has 0 saturated heterocycles. The number of nitrogens with one attached hydrogen (secondary N) is 1. The minimum absolute atomic E-state index is 0.0543. The quantitative estimate of drug-likeness (QED) is 0.446. The van der Waals surface area contributed by atoms with Crippen LogP contribution in [-0.4, -0.2) is 44.1 Å². The molecule has 2 aromatic carbocycles. The second-order valence-electron chi connectivity index (χ2n) is 5.79. The van der Waals surface area contributed by atoms with Crippen LogP contribution in [0.15, 0.2) is 52.3 Å². The normalized spacial score (nSPS) is 11.9. The monoisotopic (exact) mass is 456 g/mol. The maximum atomic E-state index is 13.0. The molecule has 0 aliphatic rings. The van der Waals surface area contributed by atoms with E-state index >= 15 is 0 Å². The first-order valence-electron chi connectivity index (χ1n) is 8.19. The second kappa shape index (κ2) is 9.15. The van der Waals surface area contributed by atoms with Crippen molar-refractivity contribution < 1.29 is 35.8 Å². The molecule has 0 saturated carbocycles. The number of hydrogen-bond donors (Lipinski definition) is 2. The molecule has 0 atom stereocenters. The molecule has 3 N–H and O–H groups in total. The highest BCUT2D eigenvalue weighted by molar-refractivity contribution is 7.92. The van der Waals surface area contributed by atoms with Gasteiger partial charge in [-0.2, -0.15) is 0 Å². The van der Waals surface area contributed by atoms with Crippen LogP contribution in [0.25, 0.3) is 6.08 Å². The van der Waals surface area contributed by atoms with E-state index < -0.39 is 26.0 Å². The average Bonchev–Trinajstić information content (AvgIpc) is 2.70. The van der Waals surface area contributed by atoms with Gasteiger partial charge in [0.05, 0.1) is 26.2 Å². The average molecular weight is 456 g/mol. The van der Waals surface area contributed by atoms with Crippen LogP contribution < -0.4 is 19.3 Å². The van der Waals surface area contributed by atoms with Gasteiger partial charge < -0.3 is 14.2 Å². The van der Waals surface area contributed by atoms with Gasteiger partial charge in [-0.3, -0.25) is 4.72 Å². The van der Waals surface area contributed by atoms with Gasteiger partial charge in [0.15, 0.2) is 11.5 Å². The fraction of sp³-hybridized carbons (Fsp3) is 0.167. The van der Waals surface area contributed by atoms with Gasteiger partial charge in [0, 0.05) is 11.8 Å². The summed E-state index contributed by atoms with van der Waals surface area (Å²) in [5, 5.41) is 5.04. The Morgan fingerprint density at radius 3 is 2.13 bits per heavy atom. The van der Waals surface area contributed by atoms with E-state index in [9.17, 15) is 21.6 Å². The maximum Gasteiger partial charge on any atom is 0.330 e. The van der Waals surface area contributed by atoms with E-state index in [1.54, 1.807) is 0 Å². The van der Waals surface area contributed by atoms with Crippen molar-refractivity contribution in [3.63, 3.8) is 0 Å². The Balaban J connectivity index is 2.50. The van der Waals surface area contributed by atoms with Crippen molar-refractivity contribution in [2.24, 2.45) is 5.14 Å². The Kier molecular flexibility index (Phi) is 7.08. The van der Waals surface area contributed by atoms with Gasteiger partial charge in [-0.05, 0) is 48.0 Å². The third-order valence-corrected chi connectivity index (χ3v) is 6.12. The van der Waals surface area contributed by atoms with Crippen LogP contribution in [0.4, 0.5) is 5.69 Å². The van der Waals surface area contributed by atoms with E-state index in [1.807, 2.05) is 0 Å². The van der Waals surface area contributed by atoms with E-state index in [0.717, 1.165) is 6.08 Å². The van der Waals surface area contributed by atoms with E-state index in [0.29, 0.717) is 5.56 Å². The van der Waals surface area contributed by atoms with Gasteiger partial charge in [0.1, 0.15) is 4.90 Å². The summed E-state index contributed by atoms with van der Waals surface area (Å²) < 4.78 is 65.9. The first-order valence-corrected chi connectivity index (χ1v) is 11.2. The minimum Gasteiger partial charge on any atom is -0.493 e. The number of nitrogens with two attached hydrogens (primary N) is 1. The summed E-state index contributed by atoms with van der Waals surface area (Å²) in [4.78, 5) is 10.9. The summed E-state index contributed by atoms with van der Waals surface area (Å²) in [7, 11) is -4.28. The molecule has 0 aliphatic carbocycles. The zero-order valence-corrected chi connectivity index (χ0v) is 17.9. The topological polar surface area (TPSA) is 151 Å². The molecule has 0 aromatic heterocycles. The van der Waals surface area contributed by atoms with Gasteiger partial charge in [-0.25, -0.2) is 26.8 Å². The fourth-order valence-corrected chi connectivity index (χ4v) is 4.19. The molecule has 0 unspecified atom stereocenters. The molecular weight excluding hydrogens is 436 g/mol. The predicted octanol–water partition coefficient (Wildman–Crippen LogP) is 1.34. The van der Waals surface area contributed by atoms with E-state index in [-0.39, 0.29) is 27.0 Å². The summed E-state index contributed by atoms with van der Waals surface area (Å²) in [6.45, 7) is 0. The van der Waals surface area contributed by atoms with Crippen LogP contribution in [0.2, 0.25) is 0 Å². The summed E-state index contributed by atoms with van der Waals surface area (Å²) >= 11 is 0. The Hall–Kier alpha value is -3.09. The van der Waals surface area contributed by atoms with E-state index in [1.165, 1.54) is 63.8 Å². The molecule has 0 bridgehead atoms. The van der Waals surface area contributed by atoms with E-state index in [2.05, 4.69) is 9.46 Å². The standard InChI is InChI=1S/C18H20N2O8S2/c1-26-15-10-12(4-9-17(21)27-2)11-16(18(15)28-3)30(24,25)20-13-5-7-14(8-6-13)29(19,22)23/h4-11,20H,1-3H3,(H2,19,22,23). The molecular formula is C18H20N2O8S2. The number of esters is 1. The lowest BCUT2D eigenvalue weighted by atomic mass is 10.2. The SMILES string of the molecule is COC(=O)C=Cc1cc(OC)c(OC)c(S(=O)(=O)Nc2ccc(S(N)(=O)=O)cc2)c1. The number of ether oxygens (including phenoxy) is 3. The predicted molar refractivity (Wildman–Crippen MR) is 109 cm³/mol. The third kappa shape index (κ3) is 5.49. The molecule has 0 heterocycles. The number of primary sulfonamides is 1. The van der Waals surface area contributed by atoms with Crippen molar-refractivity contribution in [2.75, 3.05) is 26.1 Å². The zero-order valence-electron chi connectivity index (χ0n) is 16.3. The Bertz CT molecular complexity index is 1170. The highest BCUT2D eigenvalue weighted by atomic mass is 32.2. The number of rotatable bonds is 8. The molecule has 2 aromatic rings. The van der Waals surface area contributed by atoms with E-state index in [4.69, 9.17) is 14.6 Å². The number of benzene rings is 2. The van der Waals surface area contributed by atoms with Crippen LogP contribution >= 0.6 is 0 Å². The number of carbonyl (C=O) groups excluding carboxylic acids is 1. The van der Waals surface area contributed by atoms with Crippen LogP contribution in [0.1, 0.15) is 5.56 Å². The van der Waals surface area contributed by atoms with Crippen LogP contribution in [-0.2, 0) is 29.6 Å².